The van der Waals surface area contributed by atoms with Crippen LogP contribution in [0.5, 0.6) is 0 Å². The fraction of sp³-hybridized carbons (Fsp3) is 0.357. The number of aryl methyl sites for hydroxylation is 2. The Labute approximate surface area is 103 Å². The zero-order valence-electron chi connectivity index (χ0n) is 10.7. The van der Waals surface area contributed by atoms with Crippen LogP contribution in [-0.2, 0) is 0 Å². The Balaban J connectivity index is 2.49. The van der Waals surface area contributed by atoms with Gasteiger partial charge in [0.1, 0.15) is 0 Å². The molecule has 3 nitrogen and oxygen atoms in total. The maximum atomic E-state index is 7.17. The molecule has 1 aliphatic rings. The van der Waals surface area contributed by atoms with Crippen molar-refractivity contribution in [2.45, 2.75) is 26.9 Å². The Morgan fingerprint density at radius 1 is 1.24 bits per heavy atom. The van der Waals surface area contributed by atoms with Crippen molar-refractivity contribution in [1.29, 1.82) is 0 Å². The molecule has 1 aliphatic heterocycles. The van der Waals surface area contributed by atoms with Crippen LogP contribution in [0.4, 0.5) is 5.69 Å². The number of hydrogen-bond acceptors (Lipinski definition) is 2. The summed E-state index contributed by atoms with van der Waals surface area (Å²) >= 11 is 0. The molecule has 2 rings (SSSR count). The zero-order valence-corrected chi connectivity index (χ0v) is 10.7. The van der Waals surface area contributed by atoms with Crippen LogP contribution in [0.3, 0.4) is 0 Å². The first-order valence-corrected chi connectivity index (χ1v) is 5.73. The Morgan fingerprint density at radius 2 is 1.82 bits per heavy atom. The summed E-state index contributed by atoms with van der Waals surface area (Å²) in [6.07, 6.45) is 2.13. The van der Waals surface area contributed by atoms with Gasteiger partial charge in [-0.3, -0.25) is 0 Å². The van der Waals surface area contributed by atoms with Gasteiger partial charge in [0.25, 0.3) is 0 Å². The van der Waals surface area contributed by atoms with Crippen molar-refractivity contribution in [1.82, 2.24) is 4.90 Å². The van der Waals surface area contributed by atoms with E-state index >= 15 is 0 Å². The van der Waals surface area contributed by atoms with E-state index in [9.17, 15) is 0 Å². The first-order chi connectivity index (χ1) is 8.06. The lowest BCUT2D eigenvalue weighted by molar-refractivity contribution is 0.364. The van der Waals surface area contributed by atoms with E-state index in [1.165, 1.54) is 16.8 Å². The van der Waals surface area contributed by atoms with Gasteiger partial charge in [0.15, 0.2) is 6.17 Å². The van der Waals surface area contributed by atoms with Crippen LogP contribution in [0.2, 0.25) is 0 Å². The lowest BCUT2D eigenvalue weighted by atomic mass is 10.1. The molecule has 1 aromatic carbocycles. The third-order valence-corrected chi connectivity index (χ3v) is 3.39. The highest BCUT2D eigenvalue weighted by Gasteiger charge is 2.30. The molecule has 1 atom stereocenters. The van der Waals surface area contributed by atoms with E-state index in [1.807, 2.05) is 18.1 Å². The molecular weight excluding hydrogens is 210 g/mol. The molecule has 0 aromatic heterocycles. The fourth-order valence-electron chi connectivity index (χ4n) is 2.27. The van der Waals surface area contributed by atoms with Crippen LogP contribution in [-0.4, -0.2) is 18.1 Å². The Kier molecular flexibility index (Phi) is 2.81. The first kappa shape index (κ1) is 11.5. The highest BCUT2D eigenvalue weighted by molar-refractivity contribution is 5.62. The van der Waals surface area contributed by atoms with Crippen LogP contribution < -0.4 is 4.90 Å². The molecule has 0 radical (unpaired) electrons. The molecular formula is C14H17N3. The van der Waals surface area contributed by atoms with Gasteiger partial charge in [0.05, 0.1) is 7.05 Å². The van der Waals surface area contributed by atoms with Crippen LogP contribution in [0.25, 0.3) is 4.85 Å². The van der Waals surface area contributed by atoms with E-state index in [1.54, 1.807) is 0 Å². The highest BCUT2D eigenvalue weighted by Crippen LogP contribution is 2.32. The smallest absolute Gasteiger partial charge is 0.243 e. The lowest BCUT2D eigenvalue weighted by Gasteiger charge is -2.27. The predicted molar refractivity (Wildman–Crippen MR) is 70.3 cm³/mol. The first-order valence-electron chi connectivity index (χ1n) is 5.73. The number of benzene rings is 1. The number of hydrogen-bond donors (Lipinski definition) is 0. The fourth-order valence-corrected chi connectivity index (χ4v) is 2.27. The van der Waals surface area contributed by atoms with Crippen molar-refractivity contribution in [3.63, 3.8) is 0 Å². The van der Waals surface area contributed by atoms with Crippen molar-refractivity contribution in [2.75, 3.05) is 11.9 Å². The molecule has 0 saturated carbocycles. The minimum absolute atomic E-state index is 0.193. The molecule has 0 unspecified atom stereocenters. The third-order valence-electron chi connectivity index (χ3n) is 3.39. The van der Waals surface area contributed by atoms with Gasteiger partial charge in [-0.25, -0.2) is 0 Å². The van der Waals surface area contributed by atoms with Gasteiger partial charge in [-0.05, 0) is 31.9 Å². The maximum absolute atomic E-state index is 7.17. The highest BCUT2D eigenvalue weighted by atomic mass is 15.4. The number of nitrogens with zero attached hydrogens (tertiary/aromatic N) is 3. The summed E-state index contributed by atoms with van der Waals surface area (Å²) in [4.78, 5) is 7.73. The van der Waals surface area contributed by atoms with Gasteiger partial charge in [-0.15, -0.1) is 0 Å². The van der Waals surface area contributed by atoms with Crippen molar-refractivity contribution < 1.29 is 0 Å². The van der Waals surface area contributed by atoms with Crippen molar-refractivity contribution in [3.05, 3.63) is 52.8 Å². The van der Waals surface area contributed by atoms with Crippen LogP contribution >= 0.6 is 0 Å². The van der Waals surface area contributed by atoms with E-state index in [4.69, 9.17) is 6.57 Å². The van der Waals surface area contributed by atoms with Crippen LogP contribution in [0.15, 0.2) is 30.2 Å². The minimum atomic E-state index is 0.193. The van der Waals surface area contributed by atoms with Crippen LogP contribution in [0, 0.1) is 20.4 Å². The molecule has 0 saturated heterocycles. The number of rotatable bonds is 1. The summed E-state index contributed by atoms with van der Waals surface area (Å²) in [5.74, 6) is 0.695. The summed E-state index contributed by atoms with van der Waals surface area (Å²) in [5.41, 5.74) is 3.70. The van der Waals surface area contributed by atoms with Crippen molar-refractivity contribution in [3.8, 4) is 0 Å². The predicted octanol–water partition coefficient (Wildman–Crippen LogP) is 3.12. The molecule has 1 aromatic rings. The van der Waals surface area contributed by atoms with Crippen molar-refractivity contribution in [2.24, 2.45) is 0 Å². The second-order valence-electron chi connectivity index (χ2n) is 4.49. The average Bonchev–Trinajstić information content (AvgIpc) is 2.57. The van der Waals surface area contributed by atoms with E-state index in [-0.39, 0.29) is 6.17 Å². The Hall–Kier alpha value is -1.95. The lowest BCUT2D eigenvalue weighted by Crippen LogP contribution is -2.35. The van der Waals surface area contributed by atoms with E-state index in [0.717, 1.165) is 0 Å². The SMILES string of the molecule is [C-]#[N+]C1=CN(c2c(C)cccc2C)[C@@H](C)N1C. The van der Waals surface area contributed by atoms with Gasteiger partial charge >= 0.3 is 0 Å². The molecule has 0 N–H and O–H groups in total. The molecule has 0 bridgehead atoms. The topological polar surface area (TPSA) is 10.8 Å². The molecule has 0 fully saturated rings. The molecule has 3 heteroatoms. The van der Waals surface area contributed by atoms with Gasteiger partial charge in [-0.1, -0.05) is 24.8 Å². The van der Waals surface area contributed by atoms with Crippen molar-refractivity contribution >= 4 is 5.69 Å². The molecule has 0 aliphatic carbocycles. The molecule has 1 heterocycles. The largest absolute Gasteiger partial charge is 0.363 e. The maximum Gasteiger partial charge on any atom is 0.243 e. The molecule has 0 amide bonds. The monoisotopic (exact) mass is 227 g/mol. The second-order valence-corrected chi connectivity index (χ2v) is 4.49. The summed E-state index contributed by atoms with van der Waals surface area (Å²) in [7, 11) is 1.96. The second kappa shape index (κ2) is 4.14. The Morgan fingerprint density at radius 3 is 2.29 bits per heavy atom. The standard InChI is InChI=1S/C14H17N3/c1-10-7-6-8-11(2)14(10)17-9-13(15-4)16(5)12(17)3/h6-9,12H,1-3,5H3/t12-/m0/s1. The average molecular weight is 227 g/mol. The molecule has 17 heavy (non-hydrogen) atoms. The van der Waals surface area contributed by atoms with Gasteiger partial charge in [0, 0.05) is 11.9 Å². The van der Waals surface area contributed by atoms with E-state index in [0.29, 0.717) is 5.82 Å². The molecule has 0 spiro atoms. The van der Waals surface area contributed by atoms with Gasteiger partial charge < -0.3 is 14.6 Å². The van der Waals surface area contributed by atoms with Gasteiger partial charge in [0.2, 0.25) is 5.82 Å². The van der Waals surface area contributed by atoms with E-state index < -0.39 is 0 Å². The summed E-state index contributed by atoms with van der Waals surface area (Å²) in [6, 6.07) is 6.29. The van der Waals surface area contributed by atoms with Crippen LogP contribution in [0.1, 0.15) is 18.1 Å². The zero-order chi connectivity index (χ0) is 12.6. The number of anilines is 1. The quantitative estimate of drug-likeness (QED) is 0.683. The summed E-state index contributed by atoms with van der Waals surface area (Å²) < 4.78 is 0. The van der Waals surface area contributed by atoms with E-state index in [2.05, 4.69) is 48.7 Å². The van der Waals surface area contributed by atoms with Gasteiger partial charge in [-0.2, -0.15) is 0 Å². The minimum Gasteiger partial charge on any atom is -0.363 e. The third kappa shape index (κ3) is 1.76. The number of para-hydroxylation sites is 1. The normalized spacial score (nSPS) is 19.2. The molecule has 88 valence electrons. The summed E-state index contributed by atoms with van der Waals surface area (Å²) in [5, 5.41) is 0. The Bertz CT molecular complexity index is 490. The summed E-state index contributed by atoms with van der Waals surface area (Å²) in [6.45, 7) is 13.5.